The predicted octanol–water partition coefficient (Wildman–Crippen LogP) is 2.09. The van der Waals surface area contributed by atoms with Crippen molar-refractivity contribution in [1.82, 2.24) is 20.2 Å². The first-order valence-corrected chi connectivity index (χ1v) is 9.14. The third-order valence-electron chi connectivity index (χ3n) is 4.97. The second kappa shape index (κ2) is 7.70. The topological polar surface area (TPSA) is 96.5 Å². The maximum Gasteiger partial charge on any atom is 0.322 e. The fourth-order valence-electron chi connectivity index (χ4n) is 3.18. The fraction of sp³-hybridized carbons (Fsp3) is 0.368. The number of aromatic nitrogens is 2. The molecule has 152 valence electrons. The maximum atomic E-state index is 14.0. The normalized spacial score (nSPS) is 17.2. The van der Waals surface area contributed by atoms with Crippen molar-refractivity contribution in [2.75, 3.05) is 25.1 Å². The molecule has 0 radical (unpaired) electrons. The molecular formula is C19H19F2N5O3. The molecule has 3 amide bonds. The number of halogens is 2. The largest absolute Gasteiger partial charge is 0.380 e. The summed E-state index contributed by atoms with van der Waals surface area (Å²) in [6.07, 6.45) is 3.43. The lowest BCUT2D eigenvalue weighted by atomic mass is 10.0. The Kier molecular flexibility index (Phi) is 5.10. The molecule has 2 aliphatic rings. The van der Waals surface area contributed by atoms with Crippen LogP contribution in [0.1, 0.15) is 35.8 Å². The van der Waals surface area contributed by atoms with Gasteiger partial charge >= 0.3 is 6.03 Å². The Morgan fingerprint density at radius 1 is 1.34 bits per heavy atom. The quantitative estimate of drug-likeness (QED) is 0.797. The van der Waals surface area contributed by atoms with Crippen molar-refractivity contribution in [3.05, 3.63) is 53.1 Å². The van der Waals surface area contributed by atoms with Gasteiger partial charge in [-0.2, -0.15) is 0 Å². The molecule has 3 heterocycles. The summed E-state index contributed by atoms with van der Waals surface area (Å²) in [5, 5.41) is 5.17. The van der Waals surface area contributed by atoms with Crippen LogP contribution < -0.4 is 10.6 Å². The molecule has 4 rings (SSSR count). The van der Waals surface area contributed by atoms with Gasteiger partial charge in [0.2, 0.25) is 5.91 Å². The lowest BCUT2D eigenvalue weighted by Crippen LogP contribution is -2.45. The summed E-state index contributed by atoms with van der Waals surface area (Å²) >= 11 is 0. The highest BCUT2D eigenvalue weighted by molar-refractivity contribution is 5.94. The minimum Gasteiger partial charge on any atom is -0.380 e. The van der Waals surface area contributed by atoms with E-state index in [0.29, 0.717) is 25.0 Å². The Morgan fingerprint density at radius 2 is 2.07 bits per heavy atom. The van der Waals surface area contributed by atoms with Gasteiger partial charge < -0.3 is 20.3 Å². The second-order valence-corrected chi connectivity index (χ2v) is 7.07. The average molecular weight is 403 g/mol. The number of rotatable bonds is 5. The van der Waals surface area contributed by atoms with Crippen LogP contribution in [0.15, 0.2) is 24.5 Å². The third kappa shape index (κ3) is 3.88. The van der Waals surface area contributed by atoms with E-state index in [1.165, 1.54) is 6.07 Å². The van der Waals surface area contributed by atoms with Crippen LogP contribution in [-0.2, 0) is 16.1 Å². The van der Waals surface area contributed by atoms with Gasteiger partial charge in [0.05, 0.1) is 31.5 Å². The molecule has 8 nitrogen and oxygen atoms in total. The van der Waals surface area contributed by atoms with Crippen LogP contribution in [0.2, 0.25) is 0 Å². The van der Waals surface area contributed by atoms with E-state index in [1.54, 1.807) is 19.3 Å². The van der Waals surface area contributed by atoms with Gasteiger partial charge in [0, 0.05) is 23.9 Å². The zero-order chi connectivity index (χ0) is 20.5. The van der Waals surface area contributed by atoms with E-state index in [0.717, 1.165) is 16.5 Å². The van der Waals surface area contributed by atoms with E-state index < -0.39 is 29.6 Å². The first-order chi connectivity index (χ1) is 13.9. The minimum absolute atomic E-state index is 0.00402. The first kappa shape index (κ1) is 19.2. The van der Waals surface area contributed by atoms with Gasteiger partial charge in [-0.1, -0.05) is 0 Å². The number of amides is 3. The Bertz CT molecular complexity index is 950. The van der Waals surface area contributed by atoms with E-state index in [4.69, 9.17) is 4.74 Å². The van der Waals surface area contributed by atoms with E-state index in [-0.39, 0.29) is 24.3 Å². The minimum atomic E-state index is -1.04. The number of carbonyl (C=O) groups is 2. The summed E-state index contributed by atoms with van der Waals surface area (Å²) in [5.74, 6) is -1.77. The molecule has 0 spiro atoms. The number of nitrogens with zero attached hydrogens (tertiary/aromatic N) is 3. The molecular weight excluding hydrogens is 384 g/mol. The molecule has 1 atom stereocenters. The second-order valence-electron chi connectivity index (χ2n) is 7.07. The Balaban J connectivity index is 1.37. The van der Waals surface area contributed by atoms with E-state index in [1.807, 2.05) is 0 Å². The van der Waals surface area contributed by atoms with Crippen molar-refractivity contribution >= 4 is 17.6 Å². The number of hydrogen-bond acceptors (Lipinski definition) is 5. The molecule has 1 aromatic heterocycles. The monoisotopic (exact) mass is 403 g/mol. The van der Waals surface area contributed by atoms with Crippen LogP contribution in [0.5, 0.6) is 0 Å². The standard InChI is InChI=1S/C19H19F2N5O3/c1-10(18-22-4-11(5-23-18)12-8-29-9-12)24-16(27)7-26-6-13-15(25-19(26)28)3-2-14(20)17(13)21/h2-5,10,12H,6-9H2,1H3,(H,24,27)(H,25,28)/t10-/m1/s1. The molecule has 0 aliphatic carbocycles. The Morgan fingerprint density at radius 3 is 2.72 bits per heavy atom. The smallest absolute Gasteiger partial charge is 0.322 e. The Hall–Kier alpha value is -3.14. The highest BCUT2D eigenvalue weighted by Crippen LogP contribution is 2.27. The van der Waals surface area contributed by atoms with Gasteiger partial charge in [-0.15, -0.1) is 0 Å². The zero-order valence-corrected chi connectivity index (χ0v) is 15.6. The molecule has 1 saturated heterocycles. The number of carbonyl (C=O) groups excluding carboxylic acids is 2. The highest BCUT2D eigenvalue weighted by Gasteiger charge is 2.28. The lowest BCUT2D eigenvalue weighted by molar-refractivity contribution is -0.122. The van der Waals surface area contributed by atoms with Crippen LogP contribution in [0.25, 0.3) is 0 Å². The predicted molar refractivity (Wildman–Crippen MR) is 97.9 cm³/mol. The van der Waals surface area contributed by atoms with Crippen molar-refractivity contribution < 1.29 is 23.1 Å². The molecule has 0 bridgehead atoms. The summed E-state index contributed by atoms with van der Waals surface area (Å²) in [6, 6.07) is 1.20. The fourth-order valence-corrected chi connectivity index (χ4v) is 3.18. The van der Waals surface area contributed by atoms with E-state index in [9.17, 15) is 18.4 Å². The van der Waals surface area contributed by atoms with Crippen LogP contribution in [-0.4, -0.2) is 46.6 Å². The summed E-state index contributed by atoms with van der Waals surface area (Å²) in [6.45, 7) is 2.51. The average Bonchev–Trinajstić information content (AvgIpc) is 2.65. The molecule has 0 unspecified atom stereocenters. The van der Waals surface area contributed by atoms with Gasteiger partial charge in [0.25, 0.3) is 0 Å². The van der Waals surface area contributed by atoms with Gasteiger partial charge in [-0.25, -0.2) is 23.5 Å². The number of nitrogens with one attached hydrogen (secondary N) is 2. The summed E-state index contributed by atoms with van der Waals surface area (Å²) in [7, 11) is 0. The van der Waals surface area contributed by atoms with E-state index in [2.05, 4.69) is 20.6 Å². The van der Waals surface area contributed by atoms with Crippen LogP contribution in [0.4, 0.5) is 19.3 Å². The molecule has 29 heavy (non-hydrogen) atoms. The van der Waals surface area contributed by atoms with Gasteiger partial charge in [0.1, 0.15) is 12.4 Å². The van der Waals surface area contributed by atoms with Crippen molar-refractivity contribution in [2.45, 2.75) is 25.4 Å². The molecule has 0 saturated carbocycles. The van der Waals surface area contributed by atoms with Crippen molar-refractivity contribution in [3.63, 3.8) is 0 Å². The molecule has 2 aromatic rings. The number of ether oxygens (including phenoxy) is 1. The SMILES string of the molecule is C[C@@H](NC(=O)CN1Cc2c(ccc(F)c2F)NC1=O)c1ncc(C2COC2)cn1. The lowest BCUT2D eigenvalue weighted by Gasteiger charge is -2.29. The number of hydrogen-bond donors (Lipinski definition) is 2. The summed E-state index contributed by atoms with van der Waals surface area (Å²) in [4.78, 5) is 34.2. The highest BCUT2D eigenvalue weighted by atomic mass is 19.2. The summed E-state index contributed by atoms with van der Waals surface area (Å²) in [5.41, 5.74) is 1.19. The van der Waals surface area contributed by atoms with E-state index >= 15 is 0 Å². The molecule has 1 aromatic carbocycles. The third-order valence-corrected chi connectivity index (χ3v) is 4.97. The number of urea groups is 1. The number of fused-ring (bicyclic) bond motifs is 1. The molecule has 2 aliphatic heterocycles. The van der Waals surface area contributed by atoms with Crippen LogP contribution in [0.3, 0.4) is 0 Å². The van der Waals surface area contributed by atoms with Gasteiger partial charge in [-0.3, -0.25) is 4.79 Å². The van der Waals surface area contributed by atoms with Gasteiger partial charge in [-0.05, 0) is 24.6 Å². The van der Waals surface area contributed by atoms with Crippen molar-refractivity contribution in [1.29, 1.82) is 0 Å². The molecule has 1 fully saturated rings. The number of anilines is 1. The van der Waals surface area contributed by atoms with Crippen molar-refractivity contribution in [3.8, 4) is 0 Å². The Labute approximate surface area is 165 Å². The van der Waals surface area contributed by atoms with Crippen LogP contribution >= 0.6 is 0 Å². The zero-order valence-electron chi connectivity index (χ0n) is 15.6. The summed E-state index contributed by atoms with van der Waals surface area (Å²) < 4.78 is 32.6. The van der Waals surface area contributed by atoms with Gasteiger partial charge in [0.15, 0.2) is 11.6 Å². The van der Waals surface area contributed by atoms with Crippen molar-refractivity contribution in [2.24, 2.45) is 0 Å². The van der Waals surface area contributed by atoms with Crippen LogP contribution in [0, 0.1) is 11.6 Å². The number of benzene rings is 1. The maximum absolute atomic E-state index is 14.0. The first-order valence-electron chi connectivity index (χ1n) is 9.14. The molecule has 2 N–H and O–H groups in total. The molecule has 10 heteroatoms.